The lowest BCUT2D eigenvalue weighted by atomic mass is 9.79. The van der Waals surface area contributed by atoms with Crippen molar-refractivity contribution >= 4 is 5.78 Å². The van der Waals surface area contributed by atoms with Crippen molar-refractivity contribution in [1.29, 1.82) is 0 Å². The largest absolute Gasteiger partial charge is 0.295 e. The van der Waals surface area contributed by atoms with Gasteiger partial charge in [0.05, 0.1) is 0 Å². The summed E-state index contributed by atoms with van der Waals surface area (Å²) in [5.74, 6) is 2.64. The molecule has 0 bridgehead atoms. The van der Waals surface area contributed by atoms with Gasteiger partial charge in [0.25, 0.3) is 0 Å². The second kappa shape index (κ2) is 3.87. The van der Waals surface area contributed by atoms with Crippen LogP contribution in [0.1, 0.15) is 45.4 Å². The van der Waals surface area contributed by atoms with Crippen LogP contribution in [-0.4, -0.2) is 5.78 Å². The van der Waals surface area contributed by atoms with Crippen LogP contribution in [0.4, 0.5) is 0 Å². The number of rotatable bonds is 1. The molecule has 0 amide bonds. The molecule has 0 saturated heterocycles. The molecular formula is C15H20O. The first kappa shape index (κ1) is 10.3. The average molecular weight is 216 g/mol. The van der Waals surface area contributed by atoms with Gasteiger partial charge in [0.2, 0.25) is 0 Å². The molecule has 3 aliphatic rings. The van der Waals surface area contributed by atoms with E-state index in [1.54, 1.807) is 5.57 Å². The second-order valence-electron chi connectivity index (χ2n) is 5.70. The maximum absolute atomic E-state index is 11.6. The summed E-state index contributed by atoms with van der Waals surface area (Å²) in [5, 5.41) is 0. The Hall–Kier alpha value is -0.850. The molecule has 0 aromatic heterocycles. The average Bonchev–Trinajstić information content (AvgIpc) is 2.83. The molecule has 0 aromatic carbocycles. The summed E-state index contributed by atoms with van der Waals surface area (Å²) in [6.45, 7) is 2.28. The third kappa shape index (κ3) is 1.57. The van der Waals surface area contributed by atoms with E-state index in [2.05, 4.69) is 13.0 Å². The van der Waals surface area contributed by atoms with E-state index >= 15 is 0 Å². The van der Waals surface area contributed by atoms with Crippen LogP contribution in [0.3, 0.4) is 0 Å². The van der Waals surface area contributed by atoms with Gasteiger partial charge in [-0.3, -0.25) is 4.79 Å². The second-order valence-corrected chi connectivity index (χ2v) is 5.70. The van der Waals surface area contributed by atoms with Crippen LogP contribution in [0.15, 0.2) is 23.3 Å². The summed E-state index contributed by atoms with van der Waals surface area (Å²) < 4.78 is 0. The maximum atomic E-state index is 11.6. The topological polar surface area (TPSA) is 17.1 Å². The van der Waals surface area contributed by atoms with Gasteiger partial charge in [-0.15, -0.1) is 0 Å². The van der Waals surface area contributed by atoms with Gasteiger partial charge >= 0.3 is 0 Å². The predicted molar refractivity (Wildman–Crippen MR) is 65.0 cm³/mol. The first-order chi connectivity index (χ1) is 7.75. The molecular weight excluding hydrogens is 196 g/mol. The van der Waals surface area contributed by atoms with Crippen LogP contribution < -0.4 is 0 Å². The molecule has 3 atom stereocenters. The van der Waals surface area contributed by atoms with Gasteiger partial charge < -0.3 is 0 Å². The van der Waals surface area contributed by atoms with Crippen LogP contribution in [0, 0.1) is 17.8 Å². The highest BCUT2D eigenvalue weighted by molar-refractivity contribution is 5.92. The number of fused-ring (bicyclic) bond motifs is 1. The van der Waals surface area contributed by atoms with E-state index in [-0.39, 0.29) is 0 Å². The summed E-state index contributed by atoms with van der Waals surface area (Å²) in [7, 11) is 0. The lowest BCUT2D eigenvalue weighted by Crippen LogP contribution is -2.16. The molecule has 0 unspecified atom stereocenters. The Kier molecular flexibility index (Phi) is 2.49. The Bertz CT molecular complexity index is 375. The molecule has 0 radical (unpaired) electrons. The van der Waals surface area contributed by atoms with Crippen LogP contribution in [0.25, 0.3) is 0 Å². The number of hydrogen-bond donors (Lipinski definition) is 0. The Morgan fingerprint density at radius 1 is 1.19 bits per heavy atom. The van der Waals surface area contributed by atoms with Gasteiger partial charge in [0.1, 0.15) is 0 Å². The molecule has 86 valence electrons. The molecule has 1 saturated carbocycles. The quantitative estimate of drug-likeness (QED) is 0.653. The molecule has 0 aliphatic heterocycles. The Morgan fingerprint density at radius 3 is 2.94 bits per heavy atom. The van der Waals surface area contributed by atoms with Crippen molar-refractivity contribution in [2.75, 3.05) is 0 Å². The third-order valence-corrected chi connectivity index (χ3v) is 4.70. The van der Waals surface area contributed by atoms with E-state index in [0.717, 1.165) is 24.7 Å². The standard InChI is InChI=1S/C15H20O/c1-10-5-7-12(16)9-15(10)14-8-6-11-3-2-4-13(11)14/h8-11,13H,2-7H2,1H3/t10-,11-,13-/m0/s1. The van der Waals surface area contributed by atoms with Crippen molar-refractivity contribution in [2.24, 2.45) is 17.8 Å². The van der Waals surface area contributed by atoms with E-state index in [1.165, 1.54) is 31.3 Å². The van der Waals surface area contributed by atoms with Crippen molar-refractivity contribution < 1.29 is 4.79 Å². The van der Waals surface area contributed by atoms with E-state index in [1.807, 2.05) is 6.08 Å². The van der Waals surface area contributed by atoms with Gasteiger partial charge in [-0.1, -0.05) is 19.4 Å². The number of hydrogen-bond acceptors (Lipinski definition) is 1. The molecule has 1 heteroatoms. The molecule has 1 fully saturated rings. The highest BCUT2D eigenvalue weighted by Gasteiger charge is 2.36. The predicted octanol–water partition coefficient (Wildman–Crippen LogP) is 3.66. The number of allylic oxidation sites excluding steroid dienone is 4. The molecule has 0 N–H and O–H groups in total. The fourth-order valence-corrected chi connectivity index (χ4v) is 3.76. The van der Waals surface area contributed by atoms with Crippen LogP contribution in [0.2, 0.25) is 0 Å². The summed E-state index contributed by atoms with van der Waals surface area (Å²) in [4.78, 5) is 11.6. The smallest absolute Gasteiger partial charge is 0.156 e. The highest BCUT2D eigenvalue weighted by atomic mass is 16.1. The number of ketones is 1. The van der Waals surface area contributed by atoms with Gasteiger partial charge in [0.15, 0.2) is 5.78 Å². The Balaban J connectivity index is 1.89. The molecule has 0 heterocycles. The van der Waals surface area contributed by atoms with Gasteiger partial charge in [-0.05, 0) is 60.7 Å². The molecule has 0 spiro atoms. The number of carbonyl (C=O) groups excluding carboxylic acids is 1. The van der Waals surface area contributed by atoms with E-state index in [9.17, 15) is 4.79 Å². The zero-order valence-corrected chi connectivity index (χ0v) is 10.0. The van der Waals surface area contributed by atoms with Crippen LogP contribution in [-0.2, 0) is 4.79 Å². The SMILES string of the molecule is C[C@H]1CCC(=O)C=C1C1=CC[C@@H]2CCC[C@H]12. The van der Waals surface area contributed by atoms with Crippen LogP contribution >= 0.6 is 0 Å². The summed E-state index contributed by atoms with van der Waals surface area (Å²) in [6, 6.07) is 0. The third-order valence-electron chi connectivity index (χ3n) is 4.70. The van der Waals surface area contributed by atoms with E-state index < -0.39 is 0 Å². The highest BCUT2D eigenvalue weighted by Crippen LogP contribution is 2.48. The summed E-state index contributed by atoms with van der Waals surface area (Å²) in [5.41, 5.74) is 2.92. The molecule has 1 nitrogen and oxygen atoms in total. The van der Waals surface area contributed by atoms with Crippen molar-refractivity contribution in [3.63, 3.8) is 0 Å². The Labute approximate surface area is 97.6 Å². The Morgan fingerprint density at radius 2 is 2.06 bits per heavy atom. The van der Waals surface area contributed by atoms with Crippen LogP contribution in [0.5, 0.6) is 0 Å². The fourth-order valence-electron chi connectivity index (χ4n) is 3.76. The van der Waals surface area contributed by atoms with E-state index in [4.69, 9.17) is 0 Å². The molecule has 3 rings (SSSR count). The van der Waals surface area contributed by atoms with Gasteiger partial charge in [-0.25, -0.2) is 0 Å². The zero-order valence-electron chi connectivity index (χ0n) is 10.0. The number of carbonyl (C=O) groups is 1. The minimum absolute atomic E-state index is 0.343. The maximum Gasteiger partial charge on any atom is 0.156 e. The monoisotopic (exact) mass is 216 g/mol. The van der Waals surface area contributed by atoms with Crippen molar-refractivity contribution in [3.8, 4) is 0 Å². The fraction of sp³-hybridized carbons (Fsp3) is 0.667. The first-order valence-electron chi connectivity index (χ1n) is 6.70. The molecule has 16 heavy (non-hydrogen) atoms. The molecule has 3 aliphatic carbocycles. The van der Waals surface area contributed by atoms with Gasteiger partial charge in [-0.2, -0.15) is 0 Å². The summed E-state index contributed by atoms with van der Waals surface area (Å²) in [6.07, 6.45) is 11.6. The lowest BCUT2D eigenvalue weighted by Gasteiger charge is -2.25. The van der Waals surface area contributed by atoms with E-state index in [0.29, 0.717) is 11.7 Å². The first-order valence-corrected chi connectivity index (χ1v) is 6.70. The minimum atomic E-state index is 0.343. The van der Waals surface area contributed by atoms with Gasteiger partial charge in [0, 0.05) is 6.42 Å². The summed E-state index contributed by atoms with van der Waals surface area (Å²) >= 11 is 0. The van der Waals surface area contributed by atoms with Crippen molar-refractivity contribution in [3.05, 3.63) is 23.3 Å². The molecule has 0 aromatic rings. The minimum Gasteiger partial charge on any atom is -0.295 e. The normalized spacial score (nSPS) is 38.3. The van der Waals surface area contributed by atoms with Crippen molar-refractivity contribution in [1.82, 2.24) is 0 Å². The van der Waals surface area contributed by atoms with Crippen molar-refractivity contribution in [2.45, 2.75) is 45.4 Å². The lowest BCUT2D eigenvalue weighted by molar-refractivity contribution is -0.115. The zero-order chi connectivity index (χ0) is 11.1.